The van der Waals surface area contributed by atoms with E-state index in [0.29, 0.717) is 12.5 Å². The molecule has 3 rings (SSSR count). The third kappa shape index (κ3) is 2.59. The fraction of sp³-hybridized carbons (Fsp3) is 0.600. The minimum absolute atomic E-state index is 0.0424. The van der Waals surface area contributed by atoms with Gasteiger partial charge in [-0.1, -0.05) is 13.3 Å². The number of nitrogens with zero attached hydrogens (tertiary/aromatic N) is 1. The van der Waals surface area contributed by atoms with Gasteiger partial charge in [-0.2, -0.15) is 11.3 Å². The minimum Gasteiger partial charge on any atom is -0.342 e. The second-order valence-electron chi connectivity index (χ2n) is 5.73. The van der Waals surface area contributed by atoms with E-state index >= 15 is 0 Å². The van der Waals surface area contributed by atoms with Crippen molar-refractivity contribution in [3.8, 4) is 0 Å². The molecule has 1 aliphatic carbocycles. The highest BCUT2D eigenvalue weighted by Gasteiger charge is 2.47. The molecular formula is C15H20N2O2S. The maximum atomic E-state index is 12.6. The van der Waals surface area contributed by atoms with Crippen LogP contribution in [-0.4, -0.2) is 28.8 Å². The predicted octanol–water partition coefficient (Wildman–Crippen LogP) is 2.15. The summed E-state index contributed by atoms with van der Waals surface area (Å²) < 4.78 is 0. The summed E-state index contributed by atoms with van der Waals surface area (Å²) in [6.07, 6.45) is 3.74. The Kier molecular flexibility index (Phi) is 3.78. The van der Waals surface area contributed by atoms with Gasteiger partial charge in [-0.3, -0.25) is 9.59 Å². The molecule has 2 fully saturated rings. The van der Waals surface area contributed by atoms with Gasteiger partial charge in [0.1, 0.15) is 12.1 Å². The van der Waals surface area contributed by atoms with Gasteiger partial charge in [0, 0.05) is 6.54 Å². The highest BCUT2D eigenvalue weighted by molar-refractivity contribution is 7.07. The minimum atomic E-state index is -0.332. The van der Waals surface area contributed by atoms with Crippen LogP contribution in [0.4, 0.5) is 0 Å². The summed E-state index contributed by atoms with van der Waals surface area (Å²) >= 11 is 1.63. The summed E-state index contributed by atoms with van der Waals surface area (Å²) in [5.41, 5.74) is 1.12. The van der Waals surface area contributed by atoms with Crippen molar-refractivity contribution in [3.05, 3.63) is 22.4 Å². The standard InChI is InChI=1S/C15H20N2O2S/c1-2-3-12-15(19)17(8-10-6-7-20-9-10)13(11-4-5-11)14(18)16-12/h6-7,9,11-13H,2-5,8H2,1H3,(H,16,18). The van der Waals surface area contributed by atoms with Gasteiger partial charge >= 0.3 is 0 Å². The largest absolute Gasteiger partial charge is 0.342 e. The Morgan fingerprint density at radius 1 is 1.40 bits per heavy atom. The van der Waals surface area contributed by atoms with Crippen LogP contribution in [-0.2, 0) is 16.1 Å². The molecule has 2 aliphatic rings. The van der Waals surface area contributed by atoms with Crippen LogP contribution in [0.5, 0.6) is 0 Å². The number of hydrogen-bond donors (Lipinski definition) is 1. The van der Waals surface area contributed by atoms with Gasteiger partial charge in [0.15, 0.2) is 0 Å². The fourth-order valence-corrected chi connectivity index (χ4v) is 3.58. The Morgan fingerprint density at radius 3 is 2.80 bits per heavy atom. The molecule has 1 N–H and O–H groups in total. The lowest BCUT2D eigenvalue weighted by molar-refractivity contribution is -0.151. The average molecular weight is 292 g/mol. The highest BCUT2D eigenvalue weighted by atomic mass is 32.1. The van der Waals surface area contributed by atoms with Crippen LogP contribution in [0.25, 0.3) is 0 Å². The Hall–Kier alpha value is -1.36. The van der Waals surface area contributed by atoms with E-state index in [1.165, 1.54) is 0 Å². The van der Waals surface area contributed by atoms with Crippen molar-refractivity contribution in [2.45, 2.75) is 51.2 Å². The maximum absolute atomic E-state index is 12.6. The SMILES string of the molecule is CCCC1NC(=O)C(C2CC2)N(Cc2ccsc2)C1=O. The summed E-state index contributed by atoms with van der Waals surface area (Å²) in [7, 11) is 0. The number of carbonyl (C=O) groups excluding carboxylic acids is 2. The summed E-state index contributed by atoms with van der Waals surface area (Å²) in [5.74, 6) is 0.496. The van der Waals surface area contributed by atoms with Crippen molar-refractivity contribution >= 4 is 23.2 Å². The zero-order valence-corrected chi connectivity index (χ0v) is 12.5. The molecule has 108 valence electrons. The molecule has 20 heavy (non-hydrogen) atoms. The lowest BCUT2D eigenvalue weighted by Gasteiger charge is -2.39. The number of rotatable bonds is 5. The van der Waals surface area contributed by atoms with Gasteiger partial charge in [0.05, 0.1) is 0 Å². The number of carbonyl (C=O) groups is 2. The van der Waals surface area contributed by atoms with Crippen molar-refractivity contribution in [3.63, 3.8) is 0 Å². The van der Waals surface area contributed by atoms with Gasteiger partial charge < -0.3 is 10.2 Å². The second-order valence-corrected chi connectivity index (χ2v) is 6.51. The quantitative estimate of drug-likeness (QED) is 0.904. The topological polar surface area (TPSA) is 49.4 Å². The van der Waals surface area contributed by atoms with Crippen LogP contribution in [0.15, 0.2) is 16.8 Å². The monoisotopic (exact) mass is 292 g/mol. The lowest BCUT2D eigenvalue weighted by Crippen LogP contribution is -2.63. The second kappa shape index (κ2) is 5.56. The number of amides is 2. The maximum Gasteiger partial charge on any atom is 0.246 e. The van der Waals surface area contributed by atoms with E-state index < -0.39 is 0 Å². The molecule has 1 aliphatic heterocycles. The lowest BCUT2D eigenvalue weighted by atomic mass is 10.00. The van der Waals surface area contributed by atoms with Crippen LogP contribution in [0.2, 0.25) is 0 Å². The van der Waals surface area contributed by atoms with E-state index in [4.69, 9.17) is 0 Å². The van der Waals surface area contributed by atoms with Crippen LogP contribution in [0.3, 0.4) is 0 Å². The molecule has 0 radical (unpaired) electrons. The van der Waals surface area contributed by atoms with Crippen molar-refractivity contribution in [1.82, 2.24) is 10.2 Å². The predicted molar refractivity (Wildman–Crippen MR) is 78.2 cm³/mol. The van der Waals surface area contributed by atoms with E-state index in [1.807, 2.05) is 23.3 Å². The van der Waals surface area contributed by atoms with E-state index in [2.05, 4.69) is 10.7 Å². The number of thiophene rings is 1. The van der Waals surface area contributed by atoms with Crippen molar-refractivity contribution < 1.29 is 9.59 Å². The normalized spacial score (nSPS) is 26.8. The number of piperazine rings is 1. The highest BCUT2D eigenvalue weighted by Crippen LogP contribution is 2.37. The van der Waals surface area contributed by atoms with E-state index in [1.54, 1.807) is 11.3 Å². The molecule has 0 spiro atoms. The molecule has 1 saturated carbocycles. The van der Waals surface area contributed by atoms with Gasteiger partial charge in [0.25, 0.3) is 0 Å². The molecule has 5 heteroatoms. The smallest absolute Gasteiger partial charge is 0.246 e. The van der Waals surface area contributed by atoms with E-state index in [0.717, 1.165) is 31.2 Å². The summed E-state index contributed by atoms with van der Waals surface area (Å²) in [6, 6.07) is 1.44. The first kappa shape index (κ1) is 13.6. The van der Waals surface area contributed by atoms with Gasteiger partial charge in [-0.15, -0.1) is 0 Å². The fourth-order valence-electron chi connectivity index (χ4n) is 2.92. The number of nitrogens with one attached hydrogen (secondary N) is 1. The summed E-state index contributed by atoms with van der Waals surface area (Å²) in [5, 5.41) is 6.99. The Bertz CT molecular complexity index is 496. The molecule has 1 aromatic rings. The molecule has 2 amide bonds. The van der Waals surface area contributed by atoms with Gasteiger partial charge in [0.2, 0.25) is 11.8 Å². The molecule has 0 aromatic carbocycles. The number of hydrogen-bond acceptors (Lipinski definition) is 3. The molecule has 2 heterocycles. The molecule has 1 aromatic heterocycles. The molecule has 2 atom stereocenters. The van der Waals surface area contributed by atoms with Gasteiger partial charge in [-0.05, 0) is 47.6 Å². The third-order valence-electron chi connectivity index (χ3n) is 4.08. The molecular weight excluding hydrogens is 272 g/mol. The van der Waals surface area contributed by atoms with Crippen molar-refractivity contribution in [1.29, 1.82) is 0 Å². The average Bonchev–Trinajstić information content (AvgIpc) is 3.12. The van der Waals surface area contributed by atoms with E-state index in [9.17, 15) is 9.59 Å². The Labute approximate surface area is 123 Å². The first-order valence-electron chi connectivity index (χ1n) is 7.32. The molecule has 4 nitrogen and oxygen atoms in total. The van der Waals surface area contributed by atoms with Crippen LogP contribution in [0.1, 0.15) is 38.2 Å². The molecule has 1 saturated heterocycles. The summed E-state index contributed by atoms with van der Waals surface area (Å²) in [4.78, 5) is 26.8. The van der Waals surface area contributed by atoms with Crippen molar-refractivity contribution in [2.24, 2.45) is 5.92 Å². The van der Waals surface area contributed by atoms with Crippen LogP contribution < -0.4 is 5.32 Å². The molecule has 2 unspecified atom stereocenters. The molecule has 0 bridgehead atoms. The first-order chi connectivity index (χ1) is 9.70. The zero-order chi connectivity index (χ0) is 14.1. The van der Waals surface area contributed by atoms with Gasteiger partial charge in [-0.25, -0.2) is 0 Å². The summed E-state index contributed by atoms with van der Waals surface area (Å²) in [6.45, 7) is 2.60. The zero-order valence-electron chi connectivity index (χ0n) is 11.7. The van der Waals surface area contributed by atoms with E-state index in [-0.39, 0.29) is 23.9 Å². The Balaban J connectivity index is 1.82. The van der Waals surface area contributed by atoms with Crippen LogP contribution >= 0.6 is 11.3 Å². The first-order valence-corrected chi connectivity index (χ1v) is 8.27. The Morgan fingerprint density at radius 2 is 2.20 bits per heavy atom. The third-order valence-corrected chi connectivity index (χ3v) is 4.81. The van der Waals surface area contributed by atoms with Crippen molar-refractivity contribution in [2.75, 3.05) is 0 Å². The van der Waals surface area contributed by atoms with Crippen LogP contribution in [0, 0.1) is 5.92 Å².